The summed E-state index contributed by atoms with van der Waals surface area (Å²) in [4.78, 5) is 4.87. The summed E-state index contributed by atoms with van der Waals surface area (Å²) in [5.74, 6) is 2.33. The van der Waals surface area contributed by atoms with E-state index in [0.717, 1.165) is 50.5 Å². The zero-order valence-electron chi connectivity index (χ0n) is 15.6. The Bertz CT molecular complexity index is 1400. The molecule has 0 atom stereocenters. The summed E-state index contributed by atoms with van der Waals surface area (Å²) in [5.41, 5.74) is 4.93. The number of aromatic nitrogens is 3. The molecule has 2 aromatic carbocycles. The Morgan fingerprint density at radius 1 is 1.07 bits per heavy atom. The van der Waals surface area contributed by atoms with Crippen LogP contribution in [0.3, 0.4) is 0 Å². The van der Waals surface area contributed by atoms with Crippen LogP contribution in [-0.4, -0.2) is 27.9 Å². The van der Waals surface area contributed by atoms with Crippen molar-refractivity contribution in [1.29, 1.82) is 0 Å². The van der Waals surface area contributed by atoms with Gasteiger partial charge in [0.1, 0.15) is 22.6 Å². The largest absolute Gasteiger partial charge is 0.497 e. The molecule has 6 nitrogen and oxygen atoms in total. The van der Waals surface area contributed by atoms with Crippen LogP contribution in [0.2, 0.25) is 5.02 Å². The molecule has 7 heteroatoms. The van der Waals surface area contributed by atoms with E-state index in [-0.39, 0.29) is 6.79 Å². The van der Waals surface area contributed by atoms with Crippen molar-refractivity contribution in [2.45, 2.75) is 6.54 Å². The molecule has 5 aromatic rings. The van der Waals surface area contributed by atoms with Crippen molar-refractivity contribution >= 4 is 39.3 Å². The zero-order valence-corrected chi connectivity index (χ0v) is 16.3. The number of halogens is 1. The summed E-state index contributed by atoms with van der Waals surface area (Å²) in [6.07, 6.45) is 1.90. The van der Waals surface area contributed by atoms with Gasteiger partial charge in [-0.2, -0.15) is 0 Å². The van der Waals surface area contributed by atoms with E-state index >= 15 is 0 Å². The van der Waals surface area contributed by atoms with Gasteiger partial charge in [0.05, 0.1) is 17.6 Å². The van der Waals surface area contributed by atoms with Crippen molar-refractivity contribution in [3.8, 4) is 17.2 Å². The lowest BCUT2D eigenvalue weighted by Gasteiger charge is -2.10. The van der Waals surface area contributed by atoms with E-state index in [1.54, 1.807) is 7.11 Å². The number of nitrogens with zero attached hydrogens (tertiary/aromatic N) is 3. The van der Waals surface area contributed by atoms with Crippen LogP contribution < -0.4 is 14.2 Å². The van der Waals surface area contributed by atoms with Crippen LogP contribution in [-0.2, 0) is 6.54 Å². The van der Waals surface area contributed by atoms with Crippen LogP contribution in [0.5, 0.6) is 17.2 Å². The smallest absolute Gasteiger partial charge is 0.231 e. The number of rotatable bonds is 3. The standard InChI is InChI=1S/C22H16ClN3O3/c1-27-15-5-2-13(3-6-15)10-25-17-9-19-18(28-12-29-19)8-16(17)21-22(25)26-11-14(23)4-7-20(26)24-21/h2-9,11H,10,12H2,1H3. The fraction of sp³-hybridized carbons (Fsp3) is 0.136. The highest BCUT2D eigenvalue weighted by Gasteiger charge is 2.22. The Hall–Kier alpha value is -3.38. The van der Waals surface area contributed by atoms with Crippen LogP contribution in [0.25, 0.3) is 27.7 Å². The summed E-state index contributed by atoms with van der Waals surface area (Å²) < 4.78 is 20.8. The predicted molar refractivity (Wildman–Crippen MR) is 111 cm³/mol. The number of methoxy groups -OCH3 is 1. The molecule has 0 amide bonds. The lowest BCUT2D eigenvalue weighted by Crippen LogP contribution is -2.02. The van der Waals surface area contributed by atoms with Gasteiger partial charge in [-0.05, 0) is 35.9 Å². The van der Waals surface area contributed by atoms with Gasteiger partial charge in [-0.15, -0.1) is 0 Å². The predicted octanol–water partition coefficient (Wildman–Crippen LogP) is 4.88. The average Bonchev–Trinajstić information content (AvgIpc) is 3.41. The van der Waals surface area contributed by atoms with Gasteiger partial charge in [-0.25, -0.2) is 4.98 Å². The van der Waals surface area contributed by atoms with Crippen LogP contribution in [0, 0.1) is 0 Å². The first-order valence-corrected chi connectivity index (χ1v) is 9.61. The van der Waals surface area contributed by atoms with Gasteiger partial charge in [-0.3, -0.25) is 4.40 Å². The molecule has 1 aliphatic rings. The molecule has 3 aromatic heterocycles. The molecular formula is C22H16ClN3O3. The van der Waals surface area contributed by atoms with E-state index in [1.165, 1.54) is 0 Å². The van der Waals surface area contributed by atoms with E-state index in [9.17, 15) is 0 Å². The summed E-state index contributed by atoms with van der Waals surface area (Å²) in [7, 11) is 1.67. The van der Waals surface area contributed by atoms with E-state index in [4.69, 9.17) is 30.8 Å². The summed E-state index contributed by atoms with van der Waals surface area (Å²) in [5, 5.41) is 1.68. The normalized spacial score (nSPS) is 13.0. The molecule has 0 bridgehead atoms. The third kappa shape index (κ3) is 2.46. The minimum absolute atomic E-state index is 0.240. The second-order valence-corrected chi connectivity index (χ2v) is 7.45. The molecule has 6 rings (SSSR count). The summed E-state index contributed by atoms with van der Waals surface area (Å²) >= 11 is 6.29. The van der Waals surface area contributed by atoms with Gasteiger partial charge in [-0.1, -0.05) is 23.7 Å². The minimum Gasteiger partial charge on any atom is -0.497 e. The SMILES string of the molecule is COc1ccc(Cn2c3cc4c(cc3c3nc5ccc(Cl)cn5c32)OCO4)cc1. The van der Waals surface area contributed by atoms with Crippen molar-refractivity contribution in [3.05, 3.63) is 65.3 Å². The second kappa shape index (κ2) is 6.06. The average molecular weight is 406 g/mol. The molecule has 0 radical (unpaired) electrons. The molecule has 1 aliphatic heterocycles. The fourth-order valence-electron chi connectivity index (χ4n) is 3.98. The molecule has 0 unspecified atom stereocenters. The third-order valence-electron chi connectivity index (χ3n) is 5.35. The Labute approximate surface area is 170 Å². The van der Waals surface area contributed by atoms with Crippen LogP contribution in [0.4, 0.5) is 0 Å². The molecule has 144 valence electrons. The lowest BCUT2D eigenvalue weighted by molar-refractivity contribution is 0.174. The maximum Gasteiger partial charge on any atom is 0.231 e. The Morgan fingerprint density at radius 3 is 2.66 bits per heavy atom. The molecule has 0 saturated heterocycles. The first-order valence-electron chi connectivity index (χ1n) is 9.23. The highest BCUT2D eigenvalue weighted by atomic mass is 35.5. The molecule has 4 heterocycles. The van der Waals surface area contributed by atoms with E-state index in [0.29, 0.717) is 11.6 Å². The molecule has 29 heavy (non-hydrogen) atoms. The van der Waals surface area contributed by atoms with Crippen molar-refractivity contribution in [1.82, 2.24) is 14.0 Å². The highest BCUT2D eigenvalue weighted by Crippen LogP contribution is 2.40. The fourth-order valence-corrected chi connectivity index (χ4v) is 4.14. The number of fused-ring (bicyclic) bond motifs is 6. The molecule has 0 saturated carbocycles. The highest BCUT2D eigenvalue weighted by molar-refractivity contribution is 6.30. The van der Waals surface area contributed by atoms with Gasteiger partial charge >= 0.3 is 0 Å². The van der Waals surface area contributed by atoms with E-state index in [2.05, 4.69) is 16.7 Å². The van der Waals surface area contributed by atoms with Crippen molar-refractivity contribution in [2.75, 3.05) is 13.9 Å². The Morgan fingerprint density at radius 2 is 1.86 bits per heavy atom. The number of benzene rings is 2. The quantitative estimate of drug-likeness (QED) is 0.429. The van der Waals surface area contributed by atoms with E-state index < -0.39 is 0 Å². The third-order valence-corrected chi connectivity index (χ3v) is 5.57. The van der Waals surface area contributed by atoms with Crippen molar-refractivity contribution in [3.63, 3.8) is 0 Å². The summed E-state index contributed by atoms with van der Waals surface area (Å²) in [6, 6.07) is 15.9. The van der Waals surface area contributed by atoms with Gasteiger partial charge < -0.3 is 18.8 Å². The van der Waals surface area contributed by atoms with Crippen molar-refractivity contribution in [2.24, 2.45) is 0 Å². The first kappa shape index (κ1) is 16.6. The maximum absolute atomic E-state index is 6.29. The Balaban J connectivity index is 1.66. The Kier molecular flexibility index (Phi) is 3.46. The number of pyridine rings is 1. The monoisotopic (exact) mass is 405 g/mol. The van der Waals surface area contributed by atoms with Crippen LogP contribution in [0.15, 0.2) is 54.7 Å². The van der Waals surface area contributed by atoms with Crippen molar-refractivity contribution < 1.29 is 14.2 Å². The minimum atomic E-state index is 0.240. The first-order chi connectivity index (χ1) is 14.2. The zero-order chi connectivity index (χ0) is 19.5. The van der Waals surface area contributed by atoms with Gasteiger partial charge in [0.15, 0.2) is 11.5 Å². The van der Waals surface area contributed by atoms with Gasteiger partial charge in [0, 0.05) is 24.2 Å². The molecule has 0 spiro atoms. The van der Waals surface area contributed by atoms with Gasteiger partial charge in [0.2, 0.25) is 6.79 Å². The second-order valence-electron chi connectivity index (χ2n) is 7.02. The van der Waals surface area contributed by atoms with E-state index in [1.807, 2.05) is 47.0 Å². The lowest BCUT2D eigenvalue weighted by atomic mass is 10.2. The van der Waals surface area contributed by atoms with Crippen LogP contribution >= 0.6 is 11.6 Å². The molecule has 0 fully saturated rings. The van der Waals surface area contributed by atoms with Gasteiger partial charge in [0.25, 0.3) is 0 Å². The number of imidazole rings is 1. The topological polar surface area (TPSA) is 49.9 Å². The maximum atomic E-state index is 6.29. The number of ether oxygens (including phenoxy) is 3. The number of hydrogen-bond acceptors (Lipinski definition) is 4. The molecule has 0 aliphatic carbocycles. The van der Waals surface area contributed by atoms with Crippen LogP contribution in [0.1, 0.15) is 5.56 Å². The molecule has 0 N–H and O–H groups in total. The molecular weight excluding hydrogens is 390 g/mol. The summed E-state index contributed by atoms with van der Waals surface area (Å²) in [6.45, 7) is 0.911. The number of hydrogen-bond donors (Lipinski definition) is 0.